The summed E-state index contributed by atoms with van der Waals surface area (Å²) in [6.07, 6.45) is 7.93. The number of benzene rings is 1. The Morgan fingerprint density at radius 1 is 1.30 bits per heavy atom. The average molecular weight is 436 g/mol. The molecule has 0 aromatic heterocycles. The highest BCUT2D eigenvalue weighted by molar-refractivity contribution is 8.25. The van der Waals surface area contributed by atoms with Crippen molar-refractivity contribution >= 4 is 22.2 Å². The van der Waals surface area contributed by atoms with Crippen molar-refractivity contribution < 1.29 is 22.6 Å². The van der Waals surface area contributed by atoms with E-state index in [1.54, 1.807) is 19.1 Å². The van der Waals surface area contributed by atoms with Crippen LogP contribution >= 0.6 is 10.6 Å². The lowest BCUT2D eigenvalue weighted by atomic mass is 9.93. The van der Waals surface area contributed by atoms with Gasteiger partial charge in [-0.15, -0.1) is 12.3 Å². The number of ether oxygens (including phenoxy) is 2. The van der Waals surface area contributed by atoms with Gasteiger partial charge in [0.15, 0.2) is 0 Å². The topological polar surface area (TPSA) is 57.2 Å². The Morgan fingerprint density at radius 2 is 2.00 bits per heavy atom. The molecule has 1 aromatic carbocycles. The number of anilines is 1. The zero-order valence-electron chi connectivity index (χ0n) is 18.4. The summed E-state index contributed by atoms with van der Waals surface area (Å²) < 4.78 is 24.2. The van der Waals surface area contributed by atoms with E-state index in [1.807, 2.05) is 12.1 Å². The van der Waals surface area contributed by atoms with Crippen molar-refractivity contribution in [2.24, 2.45) is 5.92 Å². The Kier molecular flexibility index (Phi) is 7.48. The minimum Gasteiger partial charge on any atom is -0.345 e. The fourth-order valence-electron chi connectivity index (χ4n) is 4.01. The van der Waals surface area contributed by atoms with E-state index in [1.165, 1.54) is 0 Å². The van der Waals surface area contributed by atoms with Crippen LogP contribution in [0, 0.1) is 18.3 Å². The van der Waals surface area contributed by atoms with E-state index in [-0.39, 0.29) is 12.3 Å². The monoisotopic (exact) mass is 435 g/mol. The zero-order chi connectivity index (χ0) is 21.8. The maximum atomic E-state index is 13.0. The van der Waals surface area contributed by atoms with Crippen molar-refractivity contribution in [1.82, 2.24) is 0 Å². The van der Waals surface area contributed by atoms with E-state index >= 15 is 0 Å². The molecule has 0 saturated carbocycles. The Balaban J connectivity index is 2.11. The molecule has 0 N–H and O–H groups in total. The molecule has 1 atom stereocenters. The van der Waals surface area contributed by atoms with Gasteiger partial charge in [0.05, 0.1) is 44.4 Å². The van der Waals surface area contributed by atoms with Gasteiger partial charge < -0.3 is 14.4 Å². The fraction of sp³-hybridized carbons (Fsp3) is 0.609. The highest BCUT2D eigenvalue weighted by Gasteiger charge is 2.47. The van der Waals surface area contributed by atoms with Crippen molar-refractivity contribution in [3.63, 3.8) is 0 Å². The second-order valence-electron chi connectivity index (χ2n) is 7.79. The van der Waals surface area contributed by atoms with Gasteiger partial charge >= 0.3 is 0 Å². The van der Waals surface area contributed by atoms with Crippen molar-refractivity contribution in [3.8, 4) is 12.3 Å². The third kappa shape index (κ3) is 4.25. The van der Waals surface area contributed by atoms with Crippen LogP contribution in [0.1, 0.15) is 45.1 Å². The van der Waals surface area contributed by atoms with Crippen LogP contribution in [0.3, 0.4) is 0 Å². The molecule has 1 spiro atoms. The lowest BCUT2D eigenvalue weighted by Gasteiger charge is -2.46. The first-order valence-corrected chi connectivity index (χ1v) is 12.2. The lowest BCUT2D eigenvalue weighted by molar-refractivity contribution is -0.277. The van der Waals surface area contributed by atoms with Gasteiger partial charge in [-0.25, -0.2) is 0 Å². The van der Waals surface area contributed by atoms with E-state index in [0.29, 0.717) is 32.1 Å². The summed E-state index contributed by atoms with van der Waals surface area (Å²) in [6, 6.07) is 6.01. The number of fused-ring (bicyclic) bond motifs is 2. The largest absolute Gasteiger partial charge is 0.345 e. The van der Waals surface area contributed by atoms with Gasteiger partial charge in [0.1, 0.15) is 0 Å². The third-order valence-electron chi connectivity index (χ3n) is 5.89. The number of rotatable bonds is 8. The van der Waals surface area contributed by atoms with Crippen LogP contribution in [-0.2, 0) is 28.4 Å². The number of carbonyl (C=O) groups excluding carboxylic acids is 1. The van der Waals surface area contributed by atoms with Gasteiger partial charge in [0, 0.05) is 24.3 Å². The molecule has 1 fully saturated rings. The Labute approximate surface area is 181 Å². The van der Waals surface area contributed by atoms with Gasteiger partial charge in [-0.1, -0.05) is 20.3 Å². The maximum Gasteiger partial charge on any atom is 0.232 e. The summed E-state index contributed by atoms with van der Waals surface area (Å²) in [5.41, 5.74) is 1.64. The Morgan fingerprint density at radius 3 is 2.60 bits per heavy atom. The normalized spacial score (nSPS) is 20.0. The highest BCUT2D eigenvalue weighted by atomic mass is 32.3. The summed E-state index contributed by atoms with van der Waals surface area (Å²) in [4.78, 5) is 15.7. The van der Waals surface area contributed by atoms with Crippen LogP contribution in [0.15, 0.2) is 23.1 Å². The number of carbonyl (C=O) groups is 1. The number of amides is 1. The van der Waals surface area contributed by atoms with E-state index in [4.69, 9.17) is 24.3 Å². The summed E-state index contributed by atoms with van der Waals surface area (Å²) >= 11 is 0. The van der Waals surface area contributed by atoms with Crippen molar-refractivity contribution in [3.05, 3.63) is 23.8 Å². The van der Waals surface area contributed by atoms with Gasteiger partial charge in [0.25, 0.3) is 0 Å². The molecule has 30 heavy (non-hydrogen) atoms. The maximum absolute atomic E-state index is 13.0. The standard InChI is InChI=1S/C23H33NO5S/c1-6-8-12-24-21-11-10-19(30(26-4,27-5)17-18(3)7-2)15-20(21)23(16-22(24)25)28-13-9-14-29-23/h1,10-11,15,18H,7-9,12-14,16-17H2,2-5H3. The molecule has 2 aliphatic heterocycles. The van der Waals surface area contributed by atoms with Gasteiger partial charge in [-0.2, -0.15) is 10.6 Å². The fourth-order valence-corrected chi connectivity index (χ4v) is 6.56. The molecular formula is C23H33NO5S. The van der Waals surface area contributed by atoms with E-state index < -0.39 is 16.4 Å². The van der Waals surface area contributed by atoms with Crippen LogP contribution < -0.4 is 4.90 Å². The highest BCUT2D eigenvalue weighted by Crippen LogP contribution is 2.59. The molecule has 6 nitrogen and oxygen atoms in total. The number of hydrogen-bond acceptors (Lipinski definition) is 5. The number of terminal acetylenes is 1. The summed E-state index contributed by atoms with van der Waals surface area (Å²) in [5.74, 6) is 2.77. The molecule has 2 heterocycles. The van der Waals surface area contributed by atoms with Gasteiger partial charge in [0.2, 0.25) is 11.7 Å². The molecule has 2 aliphatic rings. The predicted molar refractivity (Wildman–Crippen MR) is 119 cm³/mol. The van der Waals surface area contributed by atoms with Crippen LogP contribution in [0.5, 0.6) is 0 Å². The van der Waals surface area contributed by atoms with E-state index in [9.17, 15) is 4.79 Å². The lowest BCUT2D eigenvalue weighted by Crippen LogP contribution is -2.49. The molecule has 166 valence electrons. The molecule has 1 unspecified atom stereocenters. The minimum atomic E-state index is -1.95. The second-order valence-corrected chi connectivity index (χ2v) is 10.5. The quantitative estimate of drug-likeness (QED) is 0.568. The average Bonchev–Trinajstić information content (AvgIpc) is 2.77. The number of nitrogens with zero attached hydrogens (tertiary/aromatic N) is 1. The van der Waals surface area contributed by atoms with E-state index in [0.717, 1.165) is 34.7 Å². The predicted octanol–water partition coefficient (Wildman–Crippen LogP) is 4.37. The van der Waals surface area contributed by atoms with Crippen molar-refractivity contribution in [2.75, 3.05) is 44.6 Å². The molecule has 1 amide bonds. The molecule has 1 saturated heterocycles. The molecule has 0 bridgehead atoms. The molecule has 0 aliphatic carbocycles. The molecule has 0 radical (unpaired) electrons. The summed E-state index contributed by atoms with van der Waals surface area (Å²) in [6.45, 7) is 5.95. The smallest absolute Gasteiger partial charge is 0.232 e. The molecule has 7 heteroatoms. The van der Waals surface area contributed by atoms with Crippen LogP contribution in [0.25, 0.3) is 0 Å². The van der Waals surface area contributed by atoms with Crippen molar-refractivity contribution in [2.45, 2.75) is 50.2 Å². The van der Waals surface area contributed by atoms with Crippen LogP contribution in [-0.4, -0.2) is 45.6 Å². The van der Waals surface area contributed by atoms with Crippen molar-refractivity contribution in [1.29, 1.82) is 0 Å². The summed E-state index contributed by atoms with van der Waals surface area (Å²) in [7, 11) is 1.46. The Hall–Kier alpha value is -1.56. The molecule has 1 aromatic rings. The SMILES string of the molecule is C#CCCN1C(=O)CC2(OCCCO2)c2cc(S(CC(C)CC)(OC)OC)ccc21. The first-order chi connectivity index (χ1) is 14.4. The second kappa shape index (κ2) is 9.71. The molecular weight excluding hydrogens is 402 g/mol. The van der Waals surface area contributed by atoms with E-state index in [2.05, 4.69) is 25.8 Å². The third-order valence-corrected chi connectivity index (χ3v) is 8.95. The zero-order valence-corrected chi connectivity index (χ0v) is 19.3. The molecule has 3 rings (SSSR count). The first-order valence-electron chi connectivity index (χ1n) is 10.5. The van der Waals surface area contributed by atoms with Crippen LogP contribution in [0.4, 0.5) is 5.69 Å². The first kappa shape index (κ1) is 23.1. The summed E-state index contributed by atoms with van der Waals surface area (Å²) in [5, 5.41) is 0. The Bertz CT molecular complexity index is 795. The van der Waals surface area contributed by atoms with Crippen LogP contribution in [0.2, 0.25) is 0 Å². The van der Waals surface area contributed by atoms with Gasteiger partial charge in [-0.3, -0.25) is 13.2 Å². The van der Waals surface area contributed by atoms with Gasteiger partial charge in [-0.05, 0) is 30.5 Å². The number of hydrogen-bond donors (Lipinski definition) is 0. The minimum absolute atomic E-state index is 0.0379.